The van der Waals surface area contributed by atoms with Gasteiger partial charge in [0, 0.05) is 0 Å². The number of hydrogen-bond acceptors (Lipinski definition) is 2. The van der Waals surface area contributed by atoms with Crippen LogP contribution in [0.15, 0.2) is 42.5 Å². The number of aliphatic hydroxyl groups is 1. The van der Waals surface area contributed by atoms with Crippen LogP contribution in [0.3, 0.4) is 0 Å². The van der Waals surface area contributed by atoms with E-state index >= 15 is 0 Å². The summed E-state index contributed by atoms with van der Waals surface area (Å²) in [5.41, 5.74) is 3.33. The highest BCUT2D eigenvalue weighted by atomic mass is 16.4. The highest BCUT2D eigenvalue weighted by Gasteiger charge is 2.15. The quantitative estimate of drug-likeness (QED) is 0.870. The van der Waals surface area contributed by atoms with E-state index in [-0.39, 0.29) is 12.2 Å². The van der Waals surface area contributed by atoms with Gasteiger partial charge in [-0.1, -0.05) is 36.4 Å². The predicted molar refractivity (Wildman–Crippen MR) is 69.5 cm³/mol. The molecule has 0 aliphatic rings. The fourth-order valence-corrected chi connectivity index (χ4v) is 2.11. The molecular formula is C15H14O3. The zero-order valence-corrected chi connectivity index (χ0v) is 10.1. The van der Waals surface area contributed by atoms with E-state index in [0.29, 0.717) is 5.56 Å². The number of aryl methyl sites for hydroxylation is 1. The minimum Gasteiger partial charge on any atom is -0.478 e. The highest BCUT2D eigenvalue weighted by Crippen LogP contribution is 2.30. The summed E-state index contributed by atoms with van der Waals surface area (Å²) in [7, 11) is 0. The Labute approximate surface area is 105 Å². The third-order valence-corrected chi connectivity index (χ3v) is 2.96. The summed E-state index contributed by atoms with van der Waals surface area (Å²) in [4.78, 5) is 11.3. The van der Waals surface area contributed by atoms with E-state index in [9.17, 15) is 15.0 Å². The molecule has 2 N–H and O–H groups in total. The number of carbonyl (C=O) groups is 1. The lowest BCUT2D eigenvalue weighted by Crippen LogP contribution is -2.02. The Balaban J connectivity index is 2.74. The van der Waals surface area contributed by atoms with Gasteiger partial charge in [0.25, 0.3) is 0 Å². The van der Waals surface area contributed by atoms with Gasteiger partial charge in [-0.25, -0.2) is 4.79 Å². The third-order valence-electron chi connectivity index (χ3n) is 2.96. The van der Waals surface area contributed by atoms with Gasteiger partial charge in [-0.15, -0.1) is 0 Å². The molecular weight excluding hydrogens is 228 g/mol. The summed E-state index contributed by atoms with van der Waals surface area (Å²) in [5, 5.41) is 18.6. The van der Waals surface area contributed by atoms with Crippen molar-refractivity contribution in [2.24, 2.45) is 0 Å². The average molecular weight is 242 g/mol. The maximum Gasteiger partial charge on any atom is 0.336 e. The third kappa shape index (κ3) is 2.13. The van der Waals surface area contributed by atoms with Crippen LogP contribution in [0.25, 0.3) is 11.1 Å². The van der Waals surface area contributed by atoms with Crippen molar-refractivity contribution < 1.29 is 15.0 Å². The van der Waals surface area contributed by atoms with Gasteiger partial charge in [-0.3, -0.25) is 0 Å². The zero-order chi connectivity index (χ0) is 13.1. The molecule has 0 aliphatic heterocycles. The number of hydrogen-bond donors (Lipinski definition) is 2. The van der Waals surface area contributed by atoms with Crippen LogP contribution in [0.2, 0.25) is 0 Å². The van der Waals surface area contributed by atoms with E-state index in [1.54, 1.807) is 18.2 Å². The smallest absolute Gasteiger partial charge is 0.336 e. The van der Waals surface area contributed by atoms with E-state index in [2.05, 4.69) is 0 Å². The van der Waals surface area contributed by atoms with Crippen LogP contribution in [-0.4, -0.2) is 16.2 Å². The number of aromatic carboxylic acids is 1. The lowest BCUT2D eigenvalue weighted by molar-refractivity contribution is 0.0697. The molecule has 0 spiro atoms. The van der Waals surface area contributed by atoms with Gasteiger partial charge in [0.15, 0.2) is 0 Å². The average Bonchev–Trinajstić information content (AvgIpc) is 2.38. The lowest BCUT2D eigenvalue weighted by Gasteiger charge is -2.13. The monoisotopic (exact) mass is 242 g/mol. The Morgan fingerprint density at radius 2 is 1.83 bits per heavy atom. The minimum absolute atomic E-state index is 0.108. The van der Waals surface area contributed by atoms with Crippen molar-refractivity contribution in [1.82, 2.24) is 0 Å². The van der Waals surface area contributed by atoms with Crippen LogP contribution in [0.1, 0.15) is 21.5 Å². The van der Waals surface area contributed by atoms with Crippen molar-refractivity contribution in [2.75, 3.05) is 0 Å². The largest absolute Gasteiger partial charge is 0.478 e. The Morgan fingerprint density at radius 3 is 2.50 bits per heavy atom. The molecule has 3 nitrogen and oxygen atoms in total. The Hall–Kier alpha value is -2.13. The van der Waals surface area contributed by atoms with Crippen LogP contribution in [-0.2, 0) is 6.61 Å². The number of aliphatic hydroxyl groups excluding tert-OH is 1. The predicted octanol–water partition coefficient (Wildman–Crippen LogP) is 2.85. The van der Waals surface area contributed by atoms with Crippen LogP contribution in [0.5, 0.6) is 0 Å². The van der Waals surface area contributed by atoms with Gasteiger partial charge in [0.1, 0.15) is 0 Å². The van der Waals surface area contributed by atoms with Gasteiger partial charge >= 0.3 is 5.97 Å². The summed E-state index contributed by atoms with van der Waals surface area (Å²) in [5.74, 6) is -0.957. The zero-order valence-electron chi connectivity index (χ0n) is 10.1. The summed E-state index contributed by atoms with van der Waals surface area (Å²) >= 11 is 0. The molecule has 0 atom stereocenters. The molecule has 2 aromatic carbocycles. The van der Waals surface area contributed by atoms with Gasteiger partial charge in [-0.05, 0) is 35.2 Å². The van der Waals surface area contributed by atoms with Crippen LogP contribution >= 0.6 is 0 Å². The molecule has 0 radical (unpaired) electrons. The van der Waals surface area contributed by atoms with E-state index < -0.39 is 5.97 Å². The molecule has 0 amide bonds. The first-order valence-corrected chi connectivity index (χ1v) is 5.67. The molecule has 2 aromatic rings. The number of benzene rings is 2. The van der Waals surface area contributed by atoms with Crippen molar-refractivity contribution in [1.29, 1.82) is 0 Å². The van der Waals surface area contributed by atoms with Crippen molar-refractivity contribution in [3.05, 3.63) is 59.2 Å². The van der Waals surface area contributed by atoms with Crippen LogP contribution in [0.4, 0.5) is 0 Å². The first-order chi connectivity index (χ1) is 8.65. The minimum atomic E-state index is -0.957. The normalized spacial score (nSPS) is 10.3. The second kappa shape index (κ2) is 5.02. The molecule has 0 aliphatic carbocycles. The maximum absolute atomic E-state index is 11.3. The lowest BCUT2D eigenvalue weighted by atomic mass is 9.92. The molecule has 0 saturated heterocycles. The fraction of sp³-hybridized carbons (Fsp3) is 0.133. The number of carboxylic acids is 1. The topological polar surface area (TPSA) is 57.5 Å². The second-order valence-corrected chi connectivity index (χ2v) is 4.12. The highest BCUT2D eigenvalue weighted by molar-refractivity contribution is 5.97. The van der Waals surface area contributed by atoms with Gasteiger partial charge in [0.05, 0.1) is 12.2 Å². The summed E-state index contributed by atoms with van der Waals surface area (Å²) in [6.45, 7) is 1.76. The summed E-state index contributed by atoms with van der Waals surface area (Å²) in [6.07, 6.45) is 0. The molecule has 0 heterocycles. The van der Waals surface area contributed by atoms with Crippen molar-refractivity contribution in [3.63, 3.8) is 0 Å². The number of carboxylic acid groups (broad SMARTS) is 1. The van der Waals surface area contributed by atoms with E-state index in [1.165, 1.54) is 0 Å². The van der Waals surface area contributed by atoms with Crippen molar-refractivity contribution >= 4 is 5.97 Å². The first-order valence-electron chi connectivity index (χ1n) is 5.67. The maximum atomic E-state index is 11.3. The van der Waals surface area contributed by atoms with Crippen LogP contribution in [0, 0.1) is 6.92 Å². The standard InChI is InChI=1S/C15H14O3/c1-10-5-4-8-13(15(17)18)14(10)12-7-3-2-6-11(12)9-16/h2-8,16H,9H2,1H3,(H,17,18). The fourth-order valence-electron chi connectivity index (χ4n) is 2.11. The molecule has 0 aromatic heterocycles. The Kier molecular flexibility index (Phi) is 3.44. The van der Waals surface area contributed by atoms with Gasteiger partial charge in [0.2, 0.25) is 0 Å². The number of rotatable bonds is 3. The molecule has 0 saturated carbocycles. The molecule has 0 bridgehead atoms. The molecule has 0 unspecified atom stereocenters. The second-order valence-electron chi connectivity index (χ2n) is 4.12. The van der Waals surface area contributed by atoms with Gasteiger partial charge < -0.3 is 10.2 Å². The van der Waals surface area contributed by atoms with Crippen LogP contribution < -0.4 is 0 Å². The van der Waals surface area contributed by atoms with E-state index in [0.717, 1.165) is 16.7 Å². The molecule has 18 heavy (non-hydrogen) atoms. The first kappa shape index (κ1) is 12.3. The SMILES string of the molecule is Cc1cccc(C(=O)O)c1-c1ccccc1CO. The molecule has 92 valence electrons. The van der Waals surface area contributed by atoms with E-state index in [1.807, 2.05) is 31.2 Å². The van der Waals surface area contributed by atoms with Gasteiger partial charge in [-0.2, -0.15) is 0 Å². The van der Waals surface area contributed by atoms with Crippen molar-refractivity contribution in [2.45, 2.75) is 13.5 Å². The molecule has 2 rings (SSSR count). The summed E-state index contributed by atoms with van der Waals surface area (Å²) in [6, 6.07) is 12.5. The molecule has 3 heteroatoms. The molecule has 0 fully saturated rings. The Morgan fingerprint density at radius 1 is 1.11 bits per heavy atom. The Bertz CT molecular complexity index is 588. The summed E-state index contributed by atoms with van der Waals surface area (Å²) < 4.78 is 0. The van der Waals surface area contributed by atoms with E-state index in [4.69, 9.17) is 0 Å². The van der Waals surface area contributed by atoms with Crippen molar-refractivity contribution in [3.8, 4) is 11.1 Å².